The fourth-order valence-electron chi connectivity index (χ4n) is 2.05. The second kappa shape index (κ2) is 6.48. The minimum absolute atomic E-state index is 0.0991. The lowest BCUT2D eigenvalue weighted by molar-refractivity contribution is 0.395. The monoisotopic (exact) mass is 365 g/mol. The number of rotatable bonds is 6. The van der Waals surface area contributed by atoms with Crippen molar-refractivity contribution in [1.29, 1.82) is 0 Å². The predicted molar refractivity (Wildman–Crippen MR) is 87.1 cm³/mol. The number of aromatic nitrogens is 2. The Balaban J connectivity index is 1.89. The van der Waals surface area contributed by atoms with Gasteiger partial charge in [-0.2, -0.15) is 8.42 Å². The Kier molecular flexibility index (Phi) is 4.36. The molecule has 0 unspecified atom stereocenters. The van der Waals surface area contributed by atoms with Crippen LogP contribution in [0.5, 0.6) is 11.5 Å². The molecule has 0 radical (unpaired) electrons. The molecule has 0 aliphatic heterocycles. The first-order valence-corrected chi connectivity index (χ1v) is 8.56. The minimum atomic E-state index is -3.96. The fourth-order valence-corrected chi connectivity index (χ4v) is 3.02. The van der Waals surface area contributed by atoms with E-state index in [2.05, 4.69) is 14.9 Å². The average Bonchev–Trinajstić information content (AvgIpc) is 3.23. The topological polar surface area (TPSA) is 117 Å². The minimum Gasteiger partial charge on any atom is -0.497 e. The van der Waals surface area contributed by atoms with Crippen molar-refractivity contribution >= 4 is 15.7 Å². The molecular formula is C15H15N3O6S. The molecule has 0 aliphatic carbocycles. The number of hydrogen-bond acceptors (Lipinski definition) is 8. The normalized spacial score (nSPS) is 11.3. The number of benzene rings is 1. The molecule has 0 bridgehead atoms. The zero-order chi connectivity index (χ0) is 18.0. The van der Waals surface area contributed by atoms with Crippen molar-refractivity contribution in [2.45, 2.75) is 12.0 Å². The highest BCUT2D eigenvalue weighted by molar-refractivity contribution is 7.92. The Morgan fingerprint density at radius 2 is 1.68 bits per heavy atom. The van der Waals surface area contributed by atoms with Gasteiger partial charge in [0.1, 0.15) is 11.5 Å². The summed E-state index contributed by atoms with van der Waals surface area (Å²) in [5.74, 6) is 1.49. The molecule has 2 heterocycles. The number of aryl methyl sites for hydroxylation is 1. The Bertz CT molecular complexity index is 970. The van der Waals surface area contributed by atoms with Crippen LogP contribution in [0.3, 0.4) is 0 Å². The second-order valence-electron chi connectivity index (χ2n) is 4.95. The molecule has 9 nitrogen and oxygen atoms in total. The van der Waals surface area contributed by atoms with E-state index in [-0.39, 0.29) is 22.4 Å². The first kappa shape index (κ1) is 16.8. The number of ether oxygens (including phenoxy) is 2. The number of hydrogen-bond donors (Lipinski definition) is 1. The zero-order valence-corrected chi connectivity index (χ0v) is 14.5. The molecule has 1 N–H and O–H groups in total. The van der Waals surface area contributed by atoms with Gasteiger partial charge in [-0.15, -0.1) is 10.2 Å². The van der Waals surface area contributed by atoms with Gasteiger partial charge in [0.25, 0.3) is 15.9 Å². The molecule has 0 spiro atoms. The average molecular weight is 365 g/mol. The van der Waals surface area contributed by atoms with Gasteiger partial charge in [-0.1, -0.05) is 0 Å². The van der Waals surface area contributed by atoms with Crippen LogP contribution in [0.4, 0.5) is 5.69 Å². The van der Waals surface area contributed by atoms with E-state index in [1.165, 1.54) is 38.5 Å². The molecule has 0 saturated carbocycles. The summed E-state index contributed by atoms with van der Waals surface area (Å²) in [4.78, 5) is 0. The fraction of sp³-hybridized carbons (Fsp3) is 0.200. The molecule has 0 fully saturated rings. The van der Waals surface area contributed by atoms with Gasteiger partial charge in [0, 0.05) is 25.1 Å². The van der Waals surface area contributed by atoms with Crippen LogP contribution in [0.25, 0.3) is 11.7 Å². The van der Waals surface area contributed by atoms with Gasteiger partial charge in [0.05, 0.1) is 19.9 Å². The van der Waals surface area contributed by atoms with Crippen molar-refractivity contribution in [3.63, 3.8) is 0 Å². The lowest BCUT2D eigenvalue weighted by Crippen LogP contribution is -2.12. The first-order valence-electron chi connectivity index (χ1n) is 7.07. The lowest BCUT2D eigenvalue weighted by Gasteiger charge is -2.10. The molecular weight excluding hydrogens is 350 g/mol. The summed E-state index contributed by atoms with van der Waals surface area (Å²) in [5.41, 5.74) is 0.266. The van der Waals surface area contributed by atoms with Crippen LogP contribution in [-0.2, 0) is 10.0 Å². The van der Waals surface area contributed by atoms with E-state index < -0.39 is 10.0 Å². The third kappa shape index (κ3) is 3.58. The molecule has 132 valence electrons. The van der Waals surface area contributed by atoms with Crippen molar-refractivity contribution in [2.75, 3.05) is 18.9 Å². The van der Waals surface area contributed by atoms with E-state index in [9.17, 15) is 8.42 Å². The van der Waals surface area contributed by atoms with Crippen LogP contribution in [0.15, 0.2) is 44.3 Å². The van der Waals surface area contributed by atoms with Crippen molar-refractivity contribution in [1.82, 2.24) is 10.2 Å². The van der Waals surface area contributed by atoms with E-state index in [1.54, 1.807) is 13.0 Å². The molecule has 2 aromatic heterocycles. The molecule has 0 amide bonds. The molecule has 0 aliphatic rings. The lowest BCUT2D eigenvalue weighted by atomic mass is 10.3. The first-order chi connectivity index (χ1) is 11.9. The maximum absolute atomic E-state index is 12.5. The summed E-state index contributed by atoms with van der Waals surface area (Å²) in [6.45, 7) is 1.62. The number of anilines is 1. The van der Waals surface area contributed by atoms with Gasteiger partial charge in [-0.05, 0) is 12.1 Å². The van der Waals surface area contributed by atoms with Gasteiger partial charge >= 0.3 is 0 Å². The van der Waals surface area contributed by atoms with Crippen LogP contribution in [0.2, 0.25) is 0 Å². The number of sulfonamides is 1. The third-order valence-corrected chi connectivity index (χ3v) is 4.44. The smallest absolute Gasteiger partial charge is 0.295 e. The molecule has 0 saturated heterocycles. The van der Waals surface area contributed by atoms with E-state index in [4.69, 9.17) is 18.3 Å². The van der Waals surface area contributed by atoms with E-state index >= 15 is 0 Å². The molecule has 1 aromatic carbocycles. The third-order valence-electron chi connectivity index (χ3n) is 3.19. The number of nitrogens with one attached hydrogen (secondary N) is 1. The quantitative estimate of drug-likeness (QED) is 0.708. The zero-order valence-electron chi connectivity index (χ0n) is 13.6. The Morgan fingerprint density at radius 3 is 2.24 bits per heavy atom. The number of furan rings is 1. The van der Waals surface area contributed by atoms with Crippen LogP contribution in [0.1, 0.15) is 5.89 Å². The Hall–Kier alpha value is -3.01. The molecule has 25 heavy (non-hydrogen) atoms. The molecule has 10 heteroatoms. The summed E-state index contributed by atoms with van der Waals surface area (Å²) in [5, 5.41) is 7.16. The number of methoxy groups -OCH3 is 2. The summed E-state index contributed by atoms with van der Waals surface area (Å²) in [7, 11) is -1.02. The predicted octanol–water partition coefficient (Wildman–Crippen LogP) is 2.46. The largest absolute Gasteiger partial charge is 0.497 e. The summed E-state index contributed by atoms with van der Waals surface area (Å²) in [6.07, 6.45) is 0. The highest BCUT2D eigenvalue weighted by Gasteiger charge is 2.22. The molecule has 3 rings (SSSR count). The number of nitrogens with zero attached hydrogens (tertiary/aromatic N) is 2. The summed E-state index contributed by atoms with van der Waals surface area (Å²) < 4.78 is 48.2. The van der Waals surface area contributed by atoms with Crippen molar-refractivity contribution in [3.05, 3.63) is 36.2 Å². The van der Waals surface area contributed by atoms with Crippen molar-refractivity contribution < 1.29 is 26.7 Å². The Morgan fingerprint density at radius 1 is 1.00 bits per heavy atom. The Labute approximate surface area is 143 Å². The summed E-state index contributed by atoms with van der Waals surface area (Å²) >= 11 is 0. The van der Waals surface area contributed by atoms with E-state index in [0.29, 0.717) is 17.4 Å². The van der Waals surface area contributed by atoms with Gasteiger partial charge in [-0.25, -0.2) is 0 Å². The van der Waals surface area contributed by atoms with Crippen LogP contribution < -0.4 is 14.2 Å². The molecule has 3 aromatic rings. The maximum atomic E-state index is 12.5. The van der Waals surface area contributed by atoms with Gasteiger partial charge in [0.15, 0.2) is 5.76 Å². The van der Waals surface area contributed by atoms with Gasteiger partial charge in [0.2, 0.25) is 11.0 Å². The second-order valence-corrected chi connectivity index (χ2v) is 6.57. The van der Waals surface area contributed by atoms with Crippen molar-refractivity contribution in [3.8, 4) is 23.1 Å². The summed E-state index contributed by atoms with van der Waals surface area (Å²) in [6, 6.07) is 7.40. The van der Waals surface area contributed by atoms with E-state index in [0.717, 1.165) is 0 Å². The van der Waals surface area contributed by atoms with Crippen LogP contribution >= 0.6 is 0 Å². The SMILES string of the molecule is COc1cc(NS(=O)(=O)c2ccc(-c3nnc(C)o3)o2)cc(OC)c1. The maximum Gasteiger partial charge on any atom is 0.295 e. The highest BCUT2D eigenvalue weighted by atomic mass is 32.2. The van der Waals surface area contributed by atoms with Gasteiger partial charge < -0.3 is 18.3 Å². The van der Waals surface area contributed by atoms with E-state index in [1.807, 2.05) is 0 Å². The highest BCUT2D eigenvalue weighted by Crippen LogP contribution is 2.29. The van der Waals surface area contributed by atoms with Crippen LogP contribution in [-0.4, -0.2) is 32.8 Å². The van der Waals surface area contributed by atoms with Crippen molar-refractivity contribution in [2.24, 2.45) is 0 Å². The molecule has 0 atom stereocenters. The van der Waals surface area contributed by atoms with Crippen LogP contribution in [0, 0.1) is 6.92 Å². The van der Waals surface area contributed by atoms with Gasteiger partial charge in [-0.3, -0.25) is 4.72 Å². The standard InChI is InChI=1S/C15H15N3O6S/c1-9-16-17-15(23-9)13-4-5-14(24-13)25(19,20)18-10-6-11(21-2)8-12(7-10)22-3/h4-8,18H,1-3H3.